The summed E-state index contributed by atoms with van der Waals surface area (Å²) in [7, 11) is 1.90. The van der Waals surface area contributed by atoms with Gasteiger partial charge in [0.25, 0.3) is 0 Å². The number of fused-ring (bicyclic) bond motifs is 1. The van der Waals surface area contributed by atoms with Crippen LogP contribution in [0.2, 0.25) is 0 Å². The molecule has 4 heteroatoms. The molecule has 0 bridgehead atoms. The summed E-state index contributed by atoms with van der Waals surface area (Å²) in [6, 6.07) is 14.5. The molecule has 3 N–H and O–H groups in total. The summed E-state index contributed by atoms with van der Waals surface area (Å²) in [5.74, 6) is 5.75. The van der Waals surface area contributed by atoms with Crippen molar-refractivity contribution >= 4 is 10.8 Å². The Bertz CT molecular complexity index is 697. The summed E-state index contributed by atoms with van der Waals surface area (Å²) in [4.78, 5) is 0. The molecule has 4 nitrogen and oxygen atoms in total. The van der Waals surface area contributed by atoms with E-state index in [4.69, 9.17) is 5.84 Å². The molecule has 0 radical (unpaired) electrons. The van der Waals surface area contributed by atoms with E-state index in [1.165, 1.54) is 10.8 Å². The minimum absolute atomic E-state index is 0.0557. The third kappa shape index (κ3) is 2.12. The molecule has 0 fully saturated rings. The maximum atomic E-state index is 5.75. The van der Waals surface area contributed by atoms with E-state index in [-0.39, 0.29) is 6.04 Å². The van der Waals surface area contributed by atoms with Crippen LogP contribution in [0.15, 0.2) is 54.9 Å². The lowest BCUT2D eigenvalue weighted by atomic mass is 9.96. The first-order chi connectivity index (χ1) is 9.29. The molecule has 2 aromatic carbocycles. The first kappa shape index (κ1) is 11.9. The van der Waals surface area contributed by atoms with E-state index in [0.29, 0.717) is 0 Å². The van der Waals surface area contributed by atoms with Gasteiger partial charge in [-0.25, -0.2) is 5.43 Å². The number of rotatable bonds is 3. The number of aryl methyl sites for hydroxylation is 1. The predicted octanol–water partition coefficient (Wildman–Crippen LogP) is 2.13. The monoisotopic (exact) mass is 252 g/mol. The molecular weight excluding hydrogens is 236 g/mol. The third-order valence-corrected chi connectivity index (χ3v) is 3.36. The van der Waals surface area contributed by atoms with Crippen molar-refractivity contribution in [2.45, 2.75) is 6.04 Å². The molecule has 1 aromatic heterocycles. The van der Waals surface area contributed by atoms with Gasteiger partial charge in [0.15, 0.2) is 0 Å². The lowest BCUT2D eigenvalue weighted by Crippen LogP contribution is -2.28. The van der Waals surface area contributed by atoms with E-state index in [9.17, 15) is 0 Å². The van der Waals surface area contributed by atoms with Crippen LogP contribution in [-0.4, -0.2) is 9.78 Å². The van der Waals surface area contributed by atoms with Crippen LogP contribution < -0.4 is 11.3 Å². The van der Waals surface area contributed by atoms with Gasteiger partial charge in [0.1, 0.15) is 0 Å². The quantitative estimate of drug-likeness (QED) is 0.554. The molecule has 1 heterocycles. The van der Waals surface area contributed by atoms with E-state index in [2.05, 4.69) is 40.9 Å². The van der Waals surface area contributed by atoms with Gasteiger partial charge in [-0.15, -0.1) is 0 Å². The lowest BCUT2D eigenvalue weighted by molar-refractivity contribution is 0.640. The van der Waals surface area contributed by atoms with Gasteiger partial charge in [0.2, 0.25) is 0 Å². The molecule has 1 unspecified atom stereocenters. The second kappa shape index (κ2) is 4.84. The summed E-state index contributed by atoms with van der Waals surface area (Å²) >= 11 is 0. The van der Waals surface area contributed by atoms with Gasteiger partial charge >= 0.3 is 0 Å². The van der Waals surface area contributed by atoms with Crippen LogP contribution in [0.4, 0.5) is 0 Å². The van der Waals surface area contributed by atoms with Gasteiger partial charge in [0, 0.05) is 18.8 Å². The van der Waals surface area contributed by atoms with Gasteiger partial charge in [-0.05, 0) is 16.3 Å². The van der Waals surface area contributed by atoms with Crippen LogP contribution in [0.3, 0.4) is 0 Å². The molecule has 1 atom stereocenters. The summed E-state index contributed by atoms with van der Waals surface area (Å²) in [6.45, 7) is 0. The van der Waals surface area contributed by atoms with Gasteiger partial charge < -0.3 is 0 Å². The standard InChI is InChI=1S/C15H16N4/c1-19-10-12(9-17-19)15(18-16)14-8-4-6-11-5-2-3-7-13(11)14/h2-10,15,18H,16H2,1H3. The van der Waals surface area contributed by atoms with Crippen molar-refractivity contribution in [2.24, 2.45) is 12.9 Å². The highest BCUT2D eigenvalue weighted by atomic mass is 15.3. The number of nitrogens with zero attached hydrogens (tertiary/aromatic N) is 2. The summed E-state index contributed by atoms with van der Waals surface area (Å²) in [5, 5.41) is 6.63. The highest BCUT2D eigenvalue weighted by Gasteiger charge is 2.16. The second-order valence-electron chi connectivity index (χ2n) is 4.62. The molecule has 3 rings (SSSR count). The zero-order chi connectivity index (χ0) is 13.2. The van der Waals surface area contributed by atoms with E-state index < -0.39 is 0 Å². The number of benzene rings is 2. The third-order valence-electron chi connectivity index (χ3n) is 3.36. The van der Waals surface area contributed by atoms with Crippen LogP contribution in [-0.2, 0) is 7.05 Å². The topological polar surface area (TPSA) is 55.9 Å². The van der Waals surface area contributed by atoms with E-state index in [1.807, 2.05) is 31.6 Å². The fraction of sp³-hybridized carbons (Fsp3) is 0.133. The molecular formula is C15H16N4. The predicted molar refractivity (Wildman–Crippen MR) is 76.3 cm³/mol. The van der Waals surface area contributed by atoms with Crippen molar-refractivity contribution in [3.63, 3.8) is 0 Å². The van der Waals surface area contributed by atoms with Gasteiger partial charge in [-0.1, -0.05) is 42.5 Å². The number of hydrogen-bond donors (Lipinski definition) is 2. The van der Waals surface area contributed by atoms with Crippen molar-refractivity contribution in [2.75, 3.05) is 0 Å². The van der Waals surface area contributed by atoms with Crippen LogP contribution in [0.25, 0.3) is 10.8 Å². The molecule has 0 aliphatic heterocycles. The zero-order valence-electron chi connectivity index (χ0n) is 10.7. The number of hydrazine groups is 1. The lowest BCUT2D eigenvalue weighted by Gasteiger charge is -2.17. The first-order valence-corrected chi connectivity index (χ1v) is 6.22. The van der Waals surface area contributed by atoms with Crippen LogP contribution in [0, 0.1) is 0 Å². The molecule has 0 amide bonds. The Morgan fingerprint density at radius 3 is 2.68 bits per heavy atom. The Kier molecular flexibility index (Phi) is 3.03. The van der Waals surface area contributed by atoms with E-state index >= 15 is 0 Å². The van der Waals surface area contributed by atoms with Crippen LogP contribution in [0.1, 0.15) is 17.2 Å². The maximum Gasteiger partial charge on any atom is 0.0746 e. The van der Waals surface area contributed by atoms with Crippen LogP contribution >= 0.6 is 0 Å². The molecule has 19 heavy (non-hydrogen) atoms. The van der Waals surface area contributed by atoms with Crippen molar-refractivity contribution in [1.29, 1.82) is 0 Å². The second-order valence-corrected chi connectivity index (χ2v) is 4.62. The minimum Gasteiger partial charge on any atom is -0.275 e. The van der Waals surface area contributed by atoms with E-state index in [1.54, 1.807) is 4.68 Å². The maximum absolute atomic E-state index is 5.75. The fourth-order valence-corrected chi connectivity index (χ4v) is 2.46. The normalized spacial score (nSPS) is 12.7. The van der Waals surface area contributed by atoms with Gasteiger partial charge in [-0.3, -0.25) is 10.5 Å². The molecule has 3 aromatic rings. The Balaban J connectivity index is 2.16. The van der Waals surface area contributed by atoms with Gasteiger partial charge in [0.05, 0.1) is 12.2 Å². The van der Waals surface area contributed by atoms with Crippen molar-refractivity contribution < 1.29 is 0 Å². The fourth-order valence-electron chi connectivity index (χ4n) is 2.46. The number of nitrogens with two attached hydrogens (primary N) is 1. The molecule has 0 spiro atoms. The largest absolute Gasteiger partial charge is 0.275 e. The molecule has 96 valence electrons. The molecule has 0 aliphatic carbocycles. The molecule has 0 saturated carbocycles. The highest BCUT2D eigenvalue weighted by Crippen LogP contribution is 2.28. The number of aromatic nitrogens is 2. The summed E-state index contributed by atoms with van der Waals surface area (Å²) in [6.07, 6.45) is 3.82. The van der Waals surface area contributed by atoms with E-state index in [0.717, 1.165) is 11.1 Å². The van der Waals surface area contributed by atoms with Gasteiger partial charge in [-0.2, -0.15) is 5.10 Å². The zero-order valence-corrected chi connectivity index (χ0v) is 10.7. The Morgan fingerprint density at radius 1 is 1.16 bits per heavy atom. The highest BCUT2D eigenvalue weighted by molar-refractivity contribution is 5.86. The van der Waals surface area contributed by atoms with Crippen LogP contribution in [0.5, 0.6) is 0 Å². The Morgan fingerprint density at radius 2 is 1.95 bits per heavy atom. The first-order valence-electron chi connectivity index (χ1n) is 6.22. The molecule has 0 aliphatic rings. The minimum atomic E-state index is -0.0557. The summed E-state index contributed by atoms with van der Waals surface area (Å²) < 4.78 is 1.78. The number of nitrogens with one attached hydrogen (secondary N) is 1. The Hall–Kier alpha value is -2.17. The molecule has 0 saturated heterocycles. The SMILES string of the molecule is Cn1cc(C(NN)c2cccc3ccccc23)cn1. The average Bonchev–Trinajstić information content (AvgIpc) is 2.86. The van der Waals surface area contributed by atoms with Crippen molar-refractivity contribution in [1.82, 2.24) is 15.2 Å². The smallest absolute Gasteiger partial charge is 0.0746 e. The average molecular weight is 252 g/mol. The summed E-state index contributed by atoms with van der Waals surface area (Å²) in [5.41, 5.74) is 5.10. The van der Waals surface area contributed by atoms with Crippen molar-refractivity contribution in [3.05, 3.63) is 66.0 Å². The Labute approximate surface area is 111 Å². The van der Waals surface area contributed by atoms with Crippen molar-refractivity contribution in [3.8, 4) is 0 Å². The number of hydrogen-bond acceptors (Lipinski definition) is 3.